The molecule has 0 aliphatic carbocycles. The molecule has 1 heterocycles. The monoisotopic (exact) mass is 334 g/mol. The molecule has 1 aliphatic heterocycles. The molecule has 1 fully saturated rings. The van der Waals surface area contributed by atoms with Crippen molar-refractivity contribution in [2.75, 3.05) is 13.7 Å². The van der Waals surface area contributed by atoms with Gasteiger partial charge in [-0.2, -0.15) is 0 Å². The molecular weight excluding hydrogens is 312 g/mol. The van der Waals surface area contributed by atoms with Gasteiger partial charge in [-0.25, -0.2) is 9.59 Å². The Morgan fingerprint density at radius 1 is 1.38 bits per heavy atom. The number of ether oxygens (including phenoxy) is 3. The number of hydrogen-bond acceptors (Lipinski definition) is 6. The summed E-state index contributed by atoms with van der Waals surface area (Å²) in [7, 11) is 1.27. The van der Waals surface area contributed by atoms with E-state index in [9.17, 15) is 14.7 Å². The third-order valence-electron chi connectivity index (χ3n) is 3.79. The fourth-order valence-corrected chi connectivity index (χ4v) is 2.48. The number of aliphatic hydroxyl groups excluding tert-OH is 1. The first-order valence-electron chi connectivity index (χ1n) is 7.92. The van der Waals surface area contributed by atoms with E-state index in [-0.39, 0.29) is 6.42 Å². The van der Waals surface area contributed by atoms with Gasteiger partial charge in [0, 0.05) is 19.1 Å². The van der Waals surface area contributed by atoms with Gasteiger partial charge < -0.3 is 19.3 Å². The van der Waals surface area contributed by atoms with Crippen LogP contribution in [0.15, 0.2) is 42.5 Å². The van der Waals surface area contributed by atoms with Crippen molar-refractivity contribution in [2.45, 2.75) is 37.6 Å². The van der Waals surface area contributed by atoms with Gasteiger partial charge in [0.15, 0.2) is 0 Å². The Morgan fingerprint density at radius 2 is 2.12 bits per heavy atom. The van der Waals surface area contributed by atoms with Crippen molar-refractivity contribution in [3.05, 3.63) is 48.0 Å². The van der Waals surface area contributed by atoms with Crippen LogP contribution in [0.4, 0.5) is 0 Å². The third kappa shape index (κ3) is 5.47. The van der Waals surface area contributed by atoms with E-state index in [1.165, 1.54) is 19.3 Å². The highest BCUT2D eigenvalue weighted by atomic mass is 16.5. The van der Waals surface area contributed by atoms with Gasteiger partial charge in [-0.05, 0) is 31.1 Å². The lowest BCUT2D eigenvalue weighted by atomic mass is 10.00. The number of rotatable bonds is 6. The quantitative estimate of drug-likeness (QED) is 0.632. The van der Waals surface area contributed by atoms with Gasteiger partial charge in [0.1, 0.15) is 6.10 Å². The fourth-order valence-electron chi connectivity index (χ4n) is 2.48. The predicted molar refractivity (Wildman–Crippen MR) is 86.4 cm³/mol. The van der Waals surface area contributed by atoms with E-state index in [0.717, 1.165) is 6.42 Å². The summed E-state index contributed by atoms with van der Waals surface area (Å²) in [6.07, 6.45) is 2.63. The molecule has 0 spiro atoms. The van der Waals surface area contributed by atoms with Crippen LogP contribution in [0.3, 0.4) is 0 Å². The smallest absolute Gasteiger partial charge is 0.338 e. The molecule has 1 aromatic carbocycles. The molecule has 6 heteroatoms. The first kappa shape index (κ1) is 18.2. The van der Waals surface area contributed by atoms with Crippen molar-refractivity contribution in [3.8, 4) is 0 Å². The Hall–Kier alpha value is -2.18. The highest BCUT2D eigenvalue weighted by molar-refractivity contribution is 5.89. The first-order chi connectivity index (χ1) is 11.6. The standard InChI is InChI=1S/C18H22O6/c1-22-17(20)10-9-14(12-16-15(19)8-5-11-23-16)24-18(21)13-6-3-2-4-7-13/h2-4,6-7,9-10,14-16,19H,5,8,11-12H2,1H3/b10-9-/t14-,15-,16-/m1/s1. The summed E-state index contributed by atoms with van der Waals surface area (Å²) in [5.41, 5.74) is 0.416. The van der Waals surface area contributed by atoms with Crippen LogP contribution >= 0.6 is 0 Å². The zero-order chi connectivity index (χ0) is 17.4. The van der Waals surface area contributed by atoms with Crippen LogP contribution in [-0.2, 0) is 19.0 Å². The maximum absolute atomic E-state index is 12.2. The van der Waals surface area contributed by atoms with E-state index in [2.05, 4.69) is 4.74 Å². The summed E-state index contributed by atoms with van der Waals surface area (Å²) in [5, 5.41) is 10.0. The van der Waals surface area contributed by atoms with Crippen LogP contribution in [0.1, 0.15) is 29.6 Å². The molecule has 0 unspecified atom stereocenters. The SMILES string of the molecule is COC(=O)/C=C\[C@H](C[C@H]1OCCC[C@H]1O)OC(=O)c1ccccc1. The topological polar surface area (TPSA) is 82.1 Å². The van der Waals surface area contributed by atoms with Gasteiger partial charge >= 0.3 is 11.9 Å². The van der Waals surface area contributed by atoms with Crippen molar-refractivity contribution in [2.24, 2.45) is 0 Å². The molecule has 0 bridgehead atoms. The average Bonchev–Trinajstić information content (AvgIpc) is 2.61. The summed E-state index contributed by atoms with van der Waals surface area (Å²) >= 11 is 0. The van der Waals surface area contributed by atoms with Gasteiger partial charge in [0.05, 0.1) is 24.9 Å². The first-order valence-corrected chi connectivity index (χ1v) is 7.92. The summed E-state index contributed by atoms with van der Waals surface area (Å²) in [6.45, 7) is 0.557. The fraction of sp³-hybridized carbons (Fsp3) is 0.444. The minimum Gasteiger partial charge on any atom is -0.466 e. The van der Waals surface area contributed by atoms with Gasteiger partial charge in [-0.15, -0.1) is 0 Å². The highest BCUT2D eigenvalue weighted by Crippen LogP contribution is 2.20. The second-order valence-electron chi connectivity index (χ2n) is 5.55. The van der Waals surface area contributed by atoms with Crippen LogP contribution in [-0.4, -0.2) is 49.1 Å². The Kier molecular flexibility index (Phi) is 6.96. The lowest BCUT2D eigenvalue weighted by Gasteiger charge is -2.30. The Balaban J connectivity index is 2.05. The van der Waals surface area contributed by atoms with E-state index in [0.29, 0.717) is 18.6 Å². The van der Waals surface area contributed by atoms with Crippen molar-refractivity contribution in [3.63, 3.8) is 0 Å². The predicted octanol–water partition coefficient (Wildman–Crippen LogP) is 1.87. The van der Waals surface area contributed by atoms with Crippen molar-refractivity contribution in [1.82, 2.24) is 0 Å². The van der Waals surface area contributed by atoms with E-state index in [1.54, 1.807) is 30.3 Å². The molecule has 1 saturated heterocycles. The Morgan fingerprint density at radius 3 is 2.79 bits per heavy atom. The molecule has 3 atom stereocenters. The van der Waals surface area contributed by atoms with Crippen LogP contribution in [0, 0.1) is 0 Å². The second-order valence-corrected chi connectivity index (χ2v) is 5.55. The minimum absolute atomic E-state index is 0.271. The molecule has 130 valence electrons. The number of aliphatic hydroxyl groups is 1. The molecule has 0 saturated carbocycles. The molecule has 2 rings (SSSR count). The van der Waals surface area contributed by atoms with Crippen LogP contribution in [0.5, 0.6) is 0 Å². The van der Waals surface area contributed by atoms with Gasteiger partial charge in [-0.3, -0.25) is 0 Å². The number of carbonyl (C=O) groups is 2. The number of benzene rings is 1. The maximum atomic E-state index is 12.2. The number of esters is 2. The molecule has 24 heavy (non-hydrogen) atoms. The largest absolute Gasteiger partial charge is 0.466 e. The molecule has 0 radical (unpaired) electrons. The lowest BCUT2D eigenvalue weighted by Crippen LogP contribution is -2.37. The van der Waals surface area contributed by atoms with Crippen LogP contribution in [0.25, 0.3) is 0 Å². The van der Waals surface area contributed by atoms with Crippen LogP contribution < -0.4 is 0 Å². The number of carbonyl (C=O) groups excluding carboxylic acids is 2. The molecule has 1 aliphatic rings. The third-order valence-corrected chi connectivity index (χ3v) is 3.79. The normalized spacial score (nSPS) is 22.1. The summed E-state index contributed by atoms with van der Waals surface area (Å²) in [4.78, 5) is 23.5. The molecule has 1 N–H and O–H groups in total. The van der Waals surface area contributed by atoms with Crippen molar-refractivity contribution in [1.29, 1.82) is 0 Å². The molecule has 0 amide bonds. The van der Waals surface area contributed by atoms with E-state index < -0.39 is 30.3 Å². The summed E-state index contributed by atoms with van der Waals surface area (Å²) in [5.74, 6) is -1.04. The minimum atomic E-state index is -0.699. The molecular formula is C18H22O6. The Bertz CT molecular complexity index is 568. The van der Waals surface area contributed by atoms with Crippen molar-refractivity contribution >= 4 is 11.9 Å². The molecule has 6 nitrogen and oxygen atoms in total. The van der Waals surface area contributed by atoms with E-state index >= 15 is 0 Å². The zero-order valence-corrected chi connectivity index (χ0v) is 13.6. The van der Waals surface area contributed by atoms with Gasteiger partial charge in [0.2, 0.25) is 0 Å². The molecule has 1 aromatic rings. The second kappa shape index (κ2) is 9.20. The number of hydrogen-bond donors (Lipinski definition) is 1. The average molecular weight is 334 g/mol. The van der Waals surface area contributed by atoms with E-state index in [1.807, 2.05) is 0 Å². The van der Waals surface area contributed by atoms with E-state index in [4.69, 9.17) is 9.47 Å². The maximum Gasteiger partial charge on any atom is 0.338 e. The van der Waals surface area contributed by atoms with Gasteiger partial charge in [-0.1, -0.05) is 18.2 Å². The summed E-state index contributed by atoms with van der Waals surface area (Å²) < 4.78 is 15.6. The van der Waals surface area contributed by atoms with Crippen molar-refractivity contribution < 1.29 is 28.9 Å². The zero-order valence-electron chi connectivity index (χ0n) is 13.6. The van der Waals surface area contributed by atoms with Gasteiger partial charge in [0.25, 0.3) is 0 Å². The van der Waals surface area contributed by atoms with Crippen LogP contribution in [0.2, 0.25) is 0 Å². The molecule has 0 aromatic heterocycles. The number of methoxy groups -OCH3 is 1. The lowest BCUT2D eigenvalue weighted by molar-refractivity contribution is -0.134. The Labute approximate surface area is 141 Å². The highest BCUT2D eigenvalue weighted by Gasteiger charge is 2.28. The summed E-state index contributed by atoms with van der Waals surface area (Å²) in [6, 6.07) is 8.58.